The number of aromatic nitrogens is 2. The lowest BCUT2D eigenvalue weighted by molar-refractivity contribution is -0.121. The maximum Gasteiger partial charge on any atom is 0.240 e. The topological polar surface area (TPSA) is 84.3 Å². The predicted molar refractivity (Wildman–Crippen MR) is 120 cm³/mol. The van der Waals surface area contributed by atoms with Gasteiger partial charge >= 0.3 is 0 Å². The number of sulfone groups is 1. The Balaban J connectivity index is 1.67. The first kappa shape index (κ1) is 21.8. The second-order valence-corrected chi connectivity index (χ2v) is 9.58. The molecule has 0 saturated heterocycles. The minimum atomic E-state index is -3.27. The van der Waals surface area contributed by atoms with E-state index in [1.54, 1.807) is 4.57 Å². The fourth-order valence-corrected chi connectivity index (χ4v) is 4.16. The Morgan fingerprint density at radius 3 is 2.63 bits per heavy atom. The van der Waals surface area contributed by atoms with E-state index in [1.165, 1.54) is 11.8 Å². The van der Waals surface area contributed by atoms with E-state index >= 15 is 0 Å². The molecular weight excluding hydrogens is 400 g/mol. The molecule has 0 saturated carbocycles. The van der Waals surface area contributed by atoms with Gasteiger partial charge < -0.3 is 14.8 Å². The molecule has 7 nitrogen and oxygen atoms in total. The molecule has 0 atom stereocenters. The third kappa shape index (κ3) is 5.60. The molecule has 0 aliphatic rings. The molecule has 0 spiro atoms. The van der Waals surface area contributed by atoms with Crippen LogP contribution in [-0.4, -0.2) is 49.8 Å². The van der Waals surface area contributed by atoms with Crippen LogP contribution in [0.15, 0.2) is 48.5 Å². The van der Waals surface area contributed by atoms with Crippen molar-refractivity contribution in [2.45, 2.75) is 26.1 Å². The number of nitrogens with zero attached hydrogens (tertiary/aromatic N) is 3. The number of hydrogen-bond acceptors (Lipinski definition) is 5. The van der Waals surface area contributed by atoms with Crippen molar-refractivity contribution < 1.29 is 13.2 Å². The molecule has 0 unspecified atom stereocenters. The van der Waals surface area contributed by atoms with Crippen LogP contribution in [0.4, 0.5) is 5.69 Å². The van der Waals surface area contributed by atoms with Crippen LogP contribution in [0.2, 0.25) is 0 Å². The number of rotatable bonds is 9. The highest BCUT2D eigenvalue weighted by molar-refractivity contribution is 7.89. The summed E-state index contributed by atoms with van der Waals surface area (Å²) >= 11 is 0. The van der Waals surface area contributed by atoms with Crippen molar-refractivity contribution in [1.82, 2.24) is 14.9 Å². The highest BCUT2D eigenvalue weighted by Gasteiger charge is 2.17. The number of fused-ring (bicyclic) bond motifs is 1. The molecule has 2 aromatic carbocycles. The molecule has 0 aliphatic heterocycles. The fraction of sp³-hybridized carbons (Fsp3) is 0.364. The summed E-state index contributed by atoms with van der Waals surface area (Å²) < 4.78 is 25.3. The summed E-state index contributed by atoms with van der Waals surface area (Å²) in [6.45, 7) is 6.19. The Labute approximate surface area is 177 Å². The number of anilines is 1. The van der Waals surface area contributed by atoms with Crippen molar-refractivity contribution in [2.75, 3.05) is 30.8 Å². The van der Waals surface area contributed by atoms with E-state index in [9.17, 15) is 13.2 Å². The van der Waals surface area contributed by atoms with E-state index < -0.39 is 9.84 Å². The van der Waals surface area contributed by atoms with E-state index in [4.69, 9.17) is 0 Å². The zero-order valence-corrected chi connectivity index (χ0v) is 18.4. The van der Waals surface area contributed by atoms with Crippen LogP contribution in [-0.2, 0) is 26.9 Å². The fourth-order valence-electron chi connectivity index (χ4n) is 3.47. The molecular formula is C22H28N4O3S. The van der Waals surface area contributed by atoms with Gasteiger partial charge in [-0.2, -0.15) is 0 Å². The number of imidazole rings is 1. The molecule has 8 heteroatoms. The third-order valence-electron chi connectivity index (χ3n) is 4.88. The van der Waals surface area contributed by atoms with E-state index in [0.717, 1.165) is 17.7 Å². The average Bonchev–Trinajstić information content (AvgIpc) is 3.00. The molecule has 1 amide bonds. The lowest BCUT2D eigenvalue weighted by Crippen LogP contribution is -2.36. The molecule has 1 heterocycles. The van der Waals surface area contributed by atoms with Crippen LogP contribution >= 0.6 is 0 Å². The largest absolute Gasteiger partial charge is 0.370 e. The van der Waals surface area contributed by atoms with Crippen molar-refractivity contribution >= 4 is 32.5 Å². The second-order valence-electron chi connectivity index (χ2n) is 7.44. The molecule has 3 aromatic rings. The minimum absolute atomic E-state index is 0.0297. The van der Waals surface area contributed by atoms with Gasteiger partial charge in [0.1, 0.15) is 18.1 Å². The zero-order valence-electron chi connectivity index (χ0n) is 17.6. The molecule has 0 aliphatic carbocycles. The van der Waals surface area contributed by atoms with Crippen molar-refractivity contribution in [3.63, 3.8) is 0 Å². The smallest absolute Gasteiger partial charge is 0.240 e. The zero-order chi connectivity index (χ0) is 21.7. The molecule has 0 fully saturated rings. The summed E-state index contributed by atoms with van der Waals surface area (Å²) in [5.41, 5.74) is 3.75. The van der Waals surface area contributed by atoms with Crippen molar-refractivity contribution in [3.05, 3.63) is 59.9 Å². The first-order valence-electron chi connectivity index (χ1n) is 9.97. The number of amides is 1. The number of para-hydroxylation sites is 2. The molecule has 30 heavy (non-hydrogen) atoms. The van der Waals surface area contributed by atoms with Gasteiger partial charge in [0.05, 0.1) is 11.0 Å². The number of nitrogens with one attached hydrogen (secondary N) is 1. The number of hydrogen-bond donors (Lipinski definition) is 1. The highest BCUT2D eigenvalue weighted by atomic mass is 32.2. The van der Waals surface area contributed by atoms with Gasteiger partial charge in [-0.25, -0.2) is 13.4 Å². The molecule has 3 rings (SSSR count). The molecule has 0 bridgehead atoms. The predicted octanol–water partition coefficient (Wildman–Crippen LogP) is 2.53. The Bertz CT molecular complexity index is 1140. The summed E-state index contributed by atoms with van der Waals surface area (Å²) in [6, 6.07) is 15.6. The van der Waals surface area contributed by atoms with E-state index in [1.807, 2.05) is 30.3 Å². The highest BCUT2D eigenvalue weighted by Crippen LogP contribution is 2.18. The number of aryl methyl sites for hydroxylation is 1. The van der Waals surface area contributed by atoms with Gasteiger partial charge in [0.2, 0.25) is 5.91 Å². The SMILES string of the molecule is CCN(CCNC(=O)Cn1c(CS(C)(=O)=O)nc2ccccc21)c1cccc(C)c1. The summed E-state index contributed by atoms with van der Waals surface area (Å²) in [7, 11) is -3.27. The summed E-state index contributed by atoms with van der Waals surface area (Å²) in [4.78, 5) is 19.2. The molecule has 1 aromatic heterocycles. The monoisotopic (exact) mass is 428 g/mol. The summed E-state index contributed by atoms with van der Waals surface area (Å²) in [5.74, 6) is 0.00310. The molecule has 1 N–H and O–H groups in total. The van der Waals surface area contributed by atoms with E-state index in [2.05, 4.69) is 47.2 Å². The van der Waals surface area contributed by atoms with Gasteiger partial charge in [-0.3, -0.25) is 4.79 Å². The Kier molecular flexibility index (Phi) is 6.77. The third-order valence-corrected chi connectivity index (χ3v) is 5.66. The minimum Gasteiger partial charge on any atom is -0.370 e. The molecule has 0 radical (unpaired) electrons. The standard InChI is InChI=1S/C22H28N4O3S/c1-4-25(18-9-7-8-17(2)14-18)13-12-23-22(27)15-26-20-11-6-5-10-19(20)24-21(26)16-30(3,28)29/h5-11,14H,4,12-13,15-16H2,1-3H3,(H,23,27). The van der Waals surface area contributed by atoms with Crippen LogP contribution < -0.4 is 10.2 Å². The maximum absolute atomic E-state index is 12.6. The van der Waals surface area contributed by atoms with Crippen LogP contribution in [0.1, 0.15) is 18.3 Å². The van der Waals surface area contributed by atoms with Gasteiger partial charge in [0.15, 0.2) is 9.84 Å². The number of likely N-dealkylation sites (N-methyl/N-ethyl adjacent to an activating group) is 1. The Morgan fingerprint density at radius 2 is 1.93 bits per heavy atom. The van der Waals surface area contributed by atoms with Gasteiger partial charge in [0.25, 0.3) is 0 Å². The van der Waals surface area contributed by atoms with Crippen LogP contribution in [0, 0.1) is 6.92 Å². The first-order valence-corrected chi connectivity index (χ1v) is 12.0. The number of carbonyl (C=O) groups excluding carboxylic acids is 1. The maximum atomic E-state index is 12.6. The quantitative estimate of drug-likeness (QED) is 0.566. The van der Waals surface area contributed by atoms with Crippen LogP contribution in [0.25, 0.3) is 11.0 Å². The lowest BCUT2D eigenvalue weighted by Gasteiger charge is -2.23. The Hall–Kier alpha value is -2.87. The van der Waals surface area contributed by atoms with Crippen LogP contribution in [0.3, 0.4) is 0 Å². The van der Waals surface area contributed by atoms with Gasteiger partial charge in [-0.1, -0.05) is 24.3 Å². The van der Waals surface area contributed by atoms with Gasteiger partial charge in [-0.15, -0.1) is 0 Å². The number of benzene rings is 2. The second kappa shape index (κ2) is 9.30. The van der Waals surface area contributed by atoms with Crippen LogP contribution in [0.5, 0.6) is 0 Å². The van der Waals surface area contributed by atoms with E-state index in [-0.39, 0.29) is 18.2 Å². The van der Waals surface area contributed by atoms with Gasteiger partial charge in [0, 0.05) is 31.6 Å². The van der Waals surface area contributed by atoms with Crippen molar-refractivity contribution in [1.29, 1.82) is 0 Å². The van der Waals surface area contributed by atoms with Gasteiger partial charge in [-0.05, 0) is 43.7 Å². The summed E-state index contributed by atoms with van der Waals surface area (Å²) in [5, 5.41) is 2.95. The lowest BCUT2D eigenvalue weighted by atomic mass is 10.2. The van der Waals surface area contributed by atoms with Crippen molar-refractivity contribution in [3.8, 4) is 0 Å². The molecule has 160 valence electrons. The Morgan fingerprint density at radius 1 is 1.17 bits per heavy atom. The first-order chi connectivity index (χ1) is 14.3. The average molecular weight is 429 g/mol. The van der Waals surface area contributed by atoms with E-state index in [0.29, 0.717) is 24.4 Å². The van der Waals surface area contributed by atoms with Crippen molar-refractivity contribution in [2.24, 2.45) is 0 Å². The summed E-state index contributed by atoms with van der Waals surface area (Å²) in [6.07, 6.45) is 1.17. The number of carbonyl (C=O) groups is 1. The normalized spacial score (nSPS) is 11.6.